The van der Waals surface area contributed by atoms with E-state index in [-0.39, 0.29) is 12.5 Å². The number of carbonyl (C=O) groups is 2. The van der Waals surface area contributed by atoms with Gasteiger partial charge in [0.15, 0.2) is 5.82 Å². The molecule has 0 radical (unpaired) electrons. The molecule has 0 aromatic carbocycles. The van der Waals surface area contributed by atoms with Crippen LogP contribution in [0.1, 0.15) is 33.0 Å². The Kier molecular flexibility index (Phi) is 5.95. The van der Waals surface area contributed by atoms with Crippen molar-refractivity contribution < 1.29 is 14.7 Å². The van der Waals surface area contributed by atoms with Crippen molar-refractivity contribution in [3.63, 3.8) is 0 Å². The summed E-state index contributed by atoms with van der Waals surface area (Å²) in [5.74, 6) is -0.554. The molecule has 0 bridgehead atoms. The quantitative estimate of drug-likeness (QED) is 0.678. The van der Waals surface area contributed by atoms with Crippen molar-refractivity contribution >= 4 is 12.0 Å². The second-order valence-corrected chi connectivity index (χ2v) is 4.56. The minimum atomic E-state index is -1.04. The molecule has 1 aromatic heterocycles. The molecule has 1 heterocycles. The minimum absolute atomic E-state index is 0.141. The molecule has 0 saturated heterocycles. The first-order valence-corrected chi connectivity index (χ1v) is 6.63. The lowest BCUT2D eigenvalue weighted by molar-refractivity contribution is -0.140. The van der Waals surface area contributed by atoms with E-state index < -0.39 is 18.0 Å². The molecular weight excluding hydrogens is 262 g/mol. The highest BCUT2D eigenvalue weighted by Gasteiger charge is 2.25. The van der Waals surface area contributed by atoms with Gasteiger partial charge in [-0.25, -0.2) is 9.59 Å². The monoisotopic (exact) mass is 283 g/mol. The van der Waals surface area contributed by atoms with Crippen molar-refractivity contribution in [3.05, 3.63) is 12.2 Å². The molecule has 0 aliphatic rings. The number of urea groups is 1. The van der Waals surface area contributed by atoms with Crippen LogP contribution in [0.4, 0.5) is 4.79 Å². The Morgan fingerprint density at radius 2 is 2.15 bits per heavy atom. The first-order valence-electron chi connectivity index (χ1n) is 6.63. The average Bonchev–Trinajstić information content (AvgIpc) is 2.88. The highest BCUT2D eigenvalue weighted by atomic mass is 16.4. The van der Waals surface area contributed by atoms with E-state index >= 15 is 0 Å². The molecule has 8 heteroatoms. The fourth-order valence-electron chi connectivity index (χ4n) is 1.71. The van der Waals surface area contributed by atoms with Gasteiger partial charge < -0.3 is 20.3 Å². The summed E-state index contributed by atoms with van der Waals surface area (Å²) in [6.07, 6.45) is 2.25. The molecule has 1 aromatic rings. The standard InChI is InChI=1S/C12H21N5O3/c1-4-8(3)10(11(18)19)15-12(20)13-6-9-16-14-7-17(9)5-2/h7-8,10H,4-6H2,1-3H3,(H,18,19)(H2,13,15,20)/t8-,10-/m0/s1. The van der Waals surface area contributed by atoms with Crippen LogP contribution in [0.2, 0.25) is 0 Å². The highest BCUT2D eigenvalue weighted by Crippen LogP contribution is 2.07. The Hall–Kier alpha value is -2.12. The second-order valence-electron chi connectivity index (χ2n) is 4.56. The molecule has 2 amide bonds. The van der Waals surface area contributed by atoms with Crippen molar-refractivity contribution in [2.75, 3.05) is 0 Å². The molecule has 2 atom stereocenters. The number of hydrogen-bond acceptors (Lipinski definition) is 4. The summed E-state index contributed by atoms with van der Waals surface area (Å²) in [6, 6.07) is -1.42. The maximum atomic E-state index is 11.7. The summed E-state index contributed by atoms with van der Waals surface area (Å²) >= 11 is 0. The second kappa shape index (κ2) is 7.46. The number of carboxylic acid groups (broad SMARTS) is 1. The average molecular weight is 283 g/mol. The summed E-state index contributed by atoms with van der Waals surface area (Å²) in [5, 5.41) is 21.8. The zero-order chi connectivity index (χ0) is 15.1. The van der Waals surface area contributed by atoms with Crippen LogP contribution in [0.3, 0.4) is 0 Å². The highest BCUT2D eigenvalue weighted by molar-refractivity contribution is 5.82. The van der Waals surface area contributed by atoms with Gasteiger partial charge in [0, 0.05) is 6.54 Å². The van der Waals surface area contributed by atoms with Gasteiger partial charge in [-0.15, -0.1) is 10.2 Å². The maximum Gasteiger partial charge on any atom is 0.326 e. The number of aryl methyl sites for hydroxylation is 1. The van der Waals surface area contributed by atoms with Crippen LogP contribution in [0.25, 0.3) is 0 Å². The largest absolute Gasteiger partial charge is 0.480 e. The van der Waals surface area contributed by atoms with Crippen LogP contribution in [0.5, 0.6) is 0 Å². The van der Waals surface area contributed by atoms with E-state index in [1.807, 2.05) is 13.8 Å². The molecular formula is C12H21N5O3. The van der Waals surface area contributed by atoms with Crippen LogP contribution >= 0.6 is 0 Å². The zero-order valence-electron chi connectivity index (χ0n) is 12.0. The molecule has 0 spiro atoms. The van der Waals surface area contributed by atoms with E-state index in [1.54, 1.807) is 17.8 Å². The first kappa shape index (κ1) is 15.9. The number of rotatable bonds is 7. The summed E-state index contributed by atoms with van der Waals surface area (Å²) in [4.78, 5) is 22.8. The predicted molar refractivity (Wildman–Crippen MR) is 71.9 cm³/mol. The Labute approximate surface area is 117 Å². The number of nitrogens with zero attached hydrogens (tertiary/aromatic N) is 3. The number of carbonyl (C=O) groups excluding carboxylic acids is 1. The minimum Gasteiger partial charge on any atom is -0.480 e. The Morgan fingerprint density at radius 3 is 2.70 bits per heavy atom. The van der Waals surface area contributed by atoms with Crippen molar-refractivity contribution in [2.45, 2.75) is 46.3 Å². The molecule has 0 aliphatic carbocycles. The zero-order valence-corrected chi connectivity index (χ0v) is 12.0. The Bertz CT molecular complexity index is 460. The normalized spacial score (nSPS) is 13.6. The third-order valence-corrected chi connectivity index (χ3v) is 3.21. The van der Waals surface area contributed by atoms with Gasteiger partial charge in [-0.1, -0.05) is 20.3 Å². The third kappa shape index (κ3) is 4.22. The molecule has 0 aliphatic heterocycles. The number of aliphatic carboxylic acids is 1. The molecule has 0 unspecified atom stereocenters. The van der Waals surface area contributed by atoms with E-state index in [0.29, 0.717) is 18.8 Å². The molecule has 3 N–H and O–H groups in total. The van der Waals surface area contributed by atoms with Crippen LogP contribution in [-0.2, 0) is 17.9 Å². The summed E-state index contributed by atoms with van der Waals surface area (Å²) < 4.78 is 1.80. The van der Waals surface area contributed by atoms with Crippen LogP contribution in [-0.4, -0.2) is 37.9 Å². The topological polar surface area (TPSA) is 109 Å². The first-order chi connectivity index (χ1) is 9.49. The summed E-state index contributed by atoms with van der Waals surface area (Å²) in [5.41, 5.74) is 0. The molecule has 1 rings (SSSR count). The number of carboxylic acids is 1. The van der Waals surface area contributed by atoms with Crippen molar-refractivity contribution in [2.24, 2.45) is 5.92 Å². The van der Waals surface area contributed by atoms with Gasteiger partial charge in [-0.2, -0.15) is 0 Å². The fraction of sp³-hybridized carbons (Fsp3) is 0.667. The lowest BCUT2D eigenvalue weighted by Gasteiger charge is -2.20. The smallest absolute Gasteiger partial charge is 0.326 e. The number of amides is 2. The van der Waals surface area contributed by atoms with E-state index in [9.17, 15) is 9.59 Å². The van der Waals surface area contributed by atoms with Gasteiger partial charge in [0.05, 0.1) is 6.54 Å². The van der Waals surface area contributed by atoms with Gasteiger partial charge in [0.2, 0.25) is 0 Å². The van der Waals surface area contributed by atoms with Gasteiger partial charge >= 0.3 is 12.0 Å². The number of aromatic nitrogens is 3. The maximum absolute atomic E-state index is 11.7. The third-order valence-electron chi connectivity index (χ3n) is 3.21. The van der Waals surface area contributed by atoms with Crippen molar-refractivity contribution in [3.8, 4) is 0 Å². The Morgan fingerprint density at radius 1 is 1.45 bits per heavy atom. The van der Waals surface area contributed by atoms with Gasteiger partial charge in [0.25, 0.3) is 0 Å². The number of hydrogen-bond donors (Lipinski definition) is 3. The van der Waals surface area contributed by atoms with E-state index in [1.165, 1.54) is 0 Å². The van der Waals surface area contributed by atoms with E-state index in [4.69, 9.17) is 5.11 Å². The summed E-state index contributed by atoms with van der Waals surface area (Å²) in [7, 11) is 0. The fourth-order valence-corrected chi connectivity index (χ4v) is 1.71. The number of nitrogens with one attached hydrogen (secondary N) is 2. The van der Waals surface area contributed by atoms with Crippen LogP contribution in [0.15, 0.2) is 6.33 Å². The molecule has 112 valence electrons. The van der Waals surface area contributed by atoms with Crippen molar-refractivity contribution in [1.82, 2.24) is 25.4 Å². The molecule has 20 heavy (non-hydrogen) atoms. The van der Waals surface area contributed by atoms with Gasteiger partial charge in [0.1, 0.15) is 12.4 Å². The van der Waals surface area contributed by atoms with E-state index in [2.05, 4.69) is 20.8 Å². The molecule has 0 fully saturated rings. The van der Waals surface area contributed by atoms with E-state index in [0.717, 1.165) is 0 Å². The Balaban J connectivity index is 2.52. The van der Waals surface area contributed by atoms with Gasteiger partial charge in [-0.3, -0.25) is 0 Å². The SMILES string of the molecule is CC[C@H](C)[C@H](NC(=O)NCc1nncn1CC)C(=O)O. The van der Waals surface area contributed by atoms with Gasteiger partial charge in [-0.05, 0) is 12.8 Å². The van der Waals surface area contributed by atoms with Crippen LogP contribution in [0, 0.1) is 5.92 Å². The molecule has 0 saturated carbocycles. The predicted octanol–water partition coefficient (Wildman–Crippen LogP) is 0.596. The van der Waals surface area contributed by atoms with Crippen molar-refractivity contribution in [1.29, 1.82) is 0 Å². The van der Waals surface area contributed by atoms with Crippen LogP contribution < -0.4 is 10.6 Å². The lowest BCUT2D eigenvalue weighted by atomic mass is 9.99. The lowest BCUT2D eigenvalue weighted by Crippen LogP contribution is -2.49. The molecule has 8 nitrogen and oxygen atoms in total. The summed E-state index contributed by atoms with van der Waals surface area (Å²) in [6.45, 7) is 6.51.